The van der Waals surface area contributed by atoms with Crippen LogP contribution >= 0.6 is 12.4 Å². The summed E-state index contributed by atoms with van der Waals surface area (Å²) in [5, 5.41) is 10.8. The molecule has 2 heterocycles. The quantitative estimate of drug-likeness (QED) is 0.874. The highest BCUT2D eigenvalue weighted by atomic mass is 35.5. The molecular formula is C16H27ClN4O. The van der Waals surface area contributed by atoms with Gasteiger partial charge in [-0.1, -0.05) is 25.7 Å². The third-order valence-electron chi connectivity index (χ3n) is 4.80. The summed E-state index contributed by atoms with van der Waals surface area (Å²) < 4.78 is 1.94. The van der Waals surface area contributed by atoms with Crippen molar-refractivity contribution < 1.29 is 4.79 Å². The molecule has 124 valence electrons. The van der Waals surface area contributed by atoms with E-state index in [1.807, 2.05) is 16.9 Å². The number of nitrogens with zero attached hydrogens (tertiary/aromatic N) is 2. The van der Waals surface area contributed by atoms with E-state index >= 15 is 0 Å². The molecule has 3 rings (SSSR count). The minimum Gasteiger partial charge on any atom is -0.351 e. The van der Waals surface area contributed by atoms with Crippen molar-refractivity contribution in [2.75, 3.05) is 19.6 Å². The summed E-state index contributed by atoms with van der Waals surface area (Å²) in [6, 6.07) is 2.22. The van der Waals surface area contributed by atoms with Gasteiger partial charge in [-0.25, -0.2) is 0 Å². The van der Waals surface area contributed by atoms with Crippen LogP contribution in [0.25, 0.3) is 0 Å². The van der Waals surface area contributed by atoms with Crippen molar-refractivity contribution >= 4 is 18.3 Å². The Morgan fingerprint density at radius 3 is 2.86 bits per heavy atom. The minimum absolute atomic E-state index is 0. The topological polar surface area (TPSA) is 59.0 Å². The van der Waals surface area contributed by atoms with Gasteiger partial charge >= 0.3 is 0 Å². The molecule has 2 aliphatic rings. The molecule has 1 aromatic heterocycles. The van der Waals surface area contributed by atoms with Crippen LogP contribution in [-0.2, 0) is 0 Å². The van der Waals surface area contributed by atoms with Crippen LogP contribution in [0, 0.1) is 5.92 Å². The Balaban J connectivity index is 0.00000176. The molecule has 1 aliphatic carbocycles. The molecule has 1 saturated carbocycles. The molecule has 0 bridgehead atoms. The fourth-order valence-corrected chi connectivity index (χ4v) is 3.50. The number of carbonyl (C=O) groups excluding carboxylic acids is 1. The van der Waals surface area contributed by atoms with E-state index in [1.54, 1.807) is 0 Å². The van der Waals surface area contributed by atoms with E-state index in [4.69, 9.17) is 0 Å². The number of hydrogen-bond donors (Lipinski definition) is 2. The first-order chi connectivity index (χ1) is 10.3. The average molecular weight is 327 g/mol. The van der Waals surface area contributed by atoms with E-state index < -0.39 is 0 Å². The van der Waals surface area contributed by atoms with Gasteiger partial charge in [0.25, 0.3) is 5.91 Å². The largest absolute Gasteiger partial charge is 0.351 e. The van der Waals surface area contributed by atoms with Crippen LogP contribution in [0.5, 0.6) is 0 Å². The van der Waals surface area contributed by atoms with Crippen LogP contribution in [0.15, 0.2) is 12.3 Å². The van der Waals surface area contributed by atoms with Gasteiger partial charge in [0.15, 0.2) is 0 Å². The lowest BCUT2D eigenvalue weighted by atomic mass is 10.0. The van der Waals surface area contributed by atoms with Crippen molar-refractivity contribution in [3.05, 3.63) is 18.0 Å². The molecule has 1 atom stereocenters. The van der Waals surface area contributed by atoms with Gasteiger partial charge in [0, 0.05) is 19.3 Å². The monoisotopic (exact) mass is 326 g/mol. The van der Waals surface area contributed by atoms with Gasteiger partial charge in [-0.05, 0) is 37.8 Å². The third kappa shape index (κ3) is 4.46. The number of nitrogens with one attached hydrogen (secondary N) is 2. The van der Waals surface area contributed by atoms with E-state index in [9.17, 15) is 4.79 Å². The number of aromatic nitrogens is 2. The first-order valence-corrected chi connectivity index (χ1v) is 8.37. The van der Waals surface area contributed by atoms with Crippen LogP contribution in [0.3, 0.4) is 0 Å². The van der Waals surface area contributed by atoms with Gasteiger partial charge in [0.05, 0.1) is 6.04 Å². The molecule has 0 spiro atoms. The van der Waals surface area contributed by atoms with E-state index in [0.717, 1.165) is 38.4 Å². The summed E-state index contributed by atoms with van der Waals surface area (Å²) in [6.07, 6.45) is 10.7. The molecule has 0 radical (unpaired) electrons. The number of carbonyl (C=O) groups is 1. The number of hydrogen-bond acceptors (Lipinski definition) is 3. The van der Waals surface area contributed by atoms with Crippen LogP contribution in [0.4, 0.5) is 0 Å². The van der Waals surface area contributed by atoms with Gasteiger partial charge in [0.1, 0.15) is 5.69 Å². The first kappa shape index (κ1) is 17.3. The Hall–Kier alpha value is -1.07. The second-order valence-corrected chi connectivity index (χ2v) is 6.38. The van der Waals surface area contributed by atoms with Gasteiger partial charge in [-0.3, -0.25) is 9.48 Å². The van der Waals surface area contributed by atoms with Crippen molar-refractivity contribution in [3.63, 3.8) is 0 Å². The van der Waals surface area contributed by atoms with Crippen molar-refractivity contribution in [3.8, 4) is 0 Å². The average Bonchev–Trinajstić information content (AvgIpc) is 3.20. The predicted molar refractivity (Wildman–Crippen MR) is 89.5 cm³/mol. The molecule has 22 heavy (non-hydrogen) atoms. The summed E-state index contributed by atoms with van der Waals surface area (Å²) >= 11 is 0. The number of rotatable bonds is 5. The maximum atomic E-state index is 12.1. The van der Waals surface area contributed by atoms with Crippen molar-refractivity contribution in [2.24, 2.45) is 5.92 Å². The summed E-state index contributed by atoms with van der Waals surface area (Å²) in [4.78, 5) is 12.1. The van der Waals surface area contributed by atoms with Crippen LogP contribution in [0.1, 0.15) is 61.5 Å². The number of piperidine rings is 1. The molecule has 2 fully saturated rings. The fraction of sp³-hybridized carbons (Fsp3) is 0.750. The first-order valence-electron chi connectivity index (χ1n) is 8.37. The van der Waals surface area contributed by atoms with Crippen molar-refractivity contribution in [1.82, 2.24) is 20.4 Å². The molecule has 1 aromatic rings. The smallest absolute Gasteiger partial charge is 0.271 e. The van der Waals surface area contributed by atoms with E-state index in [0.29, 0.717) is 11.7 Å². The van der Waals surface area contributed by atoms with E-state index in [1.165, 1.54) is 32.1 Å². The Bertz CT molecular complexity index is 464. The van der Waals surface area contributed by atoms with Gasteiger partial charge in [0.2, 0.25) is 0 Å². The minimum atomic E-state index is -0.0319. The summed E-state index contributed by atoms with van der Waals surface area (Å²) in [5.41, 5.74) is 0.548. The highest BCUT2D eigenvalue weighted by Gasteiger charge is 2.18. The van der Waals surface area contributed by atoms with Crippen molar-refractivity contribution in [2.45, 2.75) is 51.0 Å². The second kappa shape index (κ2) is 8.53. The lowest BCUT2D eigenvalue weighted by Crippen LogP contribution is -2.32. The Labute approximate surface area is 138 Å². The highest BCUT2D eigenvalue weighted by Crippen LogP contribution is 2.26. The molecule has 5 nitrogen and oxygen atoms in total. The summed E-state index contributed by atoms with van der Waals surface area (Å²) in [7, 11) is 0. The fourth-order valence-electron chi connectivity index (χ4n) is 3.50. The normalized spacial score (nSPS) is 22.3. The van der Waals surface area contributed by atoms with Crippen molar-refractivity contribution in [1.29, 1.82) is 0 Å². The Kier molecular flexibility index (Phi) is 6.70. The van der Waals surface area contributed by atoms with Gasteiger partial charge in [-0.2, -0.15) is 5.10 Å². The Morgan fingerprint density at radius 2 is 2.14 bits per heavy atom. The van der Waals surface area contributed by atoms with Crippen LogP contribution < -0.4 is 10.6 Å². The molecule has 0 aromatic carbocycles. The van der Waals surface area contributed by atoms with Crippen LogP contribution in [0.2, 0.25) is 0 Å². The molecule has 6 heteroatoms. The zero-order chi connectivity index (χ0) is 14.5. The molecule has 1 aliphatic heterocycles. The third-order valence-corrected chi connectivity index (χ3v) is 4.80. The molecule has 1 amide bonds. The number of halogens is 1. The van der Waals surface area contributed by atoms with E-state index in [2.05, 4.69) is 15.7 Å². The highest BCUT2D eigenvalue weighted by molar-refractivity contribution is 5.92. The maximum absolute atomic E-state index is 12.1. The lowest BCUT2D eigenvalue weighted by Gasteiger charge is -2.22. The molecule has 1 unspecified atom stereocenters. The molecule has 2 N–H and O–H groups in total. The van der Waals surface area contributed by atoms with Gasteiger partial charge in [-0.15, -0.1) is 12.4 Å². The maximum Gasteiger partial charge on any atom is 0.271 e. The summed E-state index contributed by atoms with van der Waals surface area (Å²) in [5.74, 6) is 0.784. The zero-order valence-electron chi connectivity index (χ0n) is 13.1. The standard InChI is InChI=1S/C16H26N4O.ClH/c21-16(18-10-7-13-4-1-2-5-13)15-8-11-20(19-15)14-6-3-9-17-12-14;/h8,11,13-14,17H,1-7,9-10,12H2,(H,18,21);1H. The zero-order valence-corrected chi connectivity index (χ0v) is 13.9. The van der Waals surface area contributed by atoms with E-state index in [-0.39, 0.29) is 18.3 Å². The SMILES string of the molecule is Cl.O=C(NCCC1CCCC1)c1ccn(C2CCCNC2)n1. The number of amides is 1. The summed E-state index contributed by atoms with van der Waals surface area (Å²) in [6.45, 7) is 2.82. The molecule has 1 saturated heterocycles. The van der Waals surface area contributed by atoms with Gasteiger partial charge < -0.3 is 10.6 Å². The Morgan fingerprint density at radius 1 is 1.32 bits per heavy atom. The second-order valence-electron chi connectivity index (χ2n) is 6.38. The predicted octanol–water partition coefficient (Wildman–Crippen LogP) is 2.54. The molecular weight excluding hydrogens is 300 g/mol. The van der Waals surface area contributed by atoms with Crippen LogP contribution in [-0.4, -0.2) is 35.3 Å². The lowest BCUT2D eigenvalue weighted by molar-refractivity contribution is 0.0945.